The third-order valence-corrected chi connectivity index (χ3v) is 5.32. The van der Waals surface area contributed by atoms with Crippen molar-refractivity contribution >= 4 is 45.5 Å². The lowest BCUT2D eigenvalue weighted by atomic mass is 9.86. The molecule has 0 aromatic heterocycles. The summed E-state index contributed by atoms with van der Waals surface area (Å²) in [6.07, 6.45) is 2.06. The Morgan fingerprint density at radius 3 is 2.26 bits per heavy atom. The summed E-state index contributed by atoms with van der Waals surface area (Å²) in [5.41, 5.74) is 1.26. The molecule has 19 heavy (non-hydrogen) atoms. The maximum Gasteiger partial charge on any atom is 0.0252 e. The fourth-order valence-electron chi connectivity index (χ4n) is 2.13. The van der Waals surface area contributed by atoms with Gasteiger partial charge in [-0.05, 0) is 41.6 Å². The molecule has 0 radical (unpaired) electrons. The van der Waals surface area contributed by atoms with Gasteiger partial charge in [0.1, 0.15) is 0 Å². The van der Waals surface area contributed by atoms with Crippen LogP contribution in [0.4, 0.5) is 0 Å². The molecule has 0 saturated carbocycles. The molecule has 0 amide bonds. The van der Waals surface area contributed by atoms with Gasteiger partial charge in [0, 0.05) is 8.95 Å². The van der Waals surface area contributed by atoms with Crippen LogP contribution in [0.3, 0.4) is 0 Å². The lowest BCUT2D eigenvalue weighted by Gasteiger charge is -2.23. The molecule has 0 saturated heterocycles. The molecule has 0 bridgehead atoms. The summed E-state index contributed by atoms with van der Waals surface area (Å²) in [5, 5.41) is 12.3. The maximum absolute atomic E-state index is 12.3. The van der Waals surface area contributed by atoms with Crippen LogP contribution in [0.25, 0.3) is 0 Å². The molecular weight excluding hydrogens is 387 g/mol. The number of hydrogen-bond donors (Lipinski definition) is 0. The molecule has 1 aromatic rings. The molecule has 0 aliphatic heterocycles. The van der Waals surface area contributed by atoms with Crippen molar-refractivity contribution in [1.29, 1.82) is 0 Å². The highest BCUT2D eigenvalue weighted by Gasteiger charge is 2.14. The van der Waals surface area contributed by atoms with Crippen molar-refractivity contribution in [3.63, 3.8) is 0 Å². The van der Waals surface area contributed by atoms with Gasteiger partial charge in [-0.3, -0.25) is 0 Å². The van der Waals surface area contributed by atoms with Crippen molar-refractivity contribution in [3.05, 3.63) is 32.7 Å². The van der Waals surface area contributed by atoms with Crippen molar-refractivity contribution in [2.24, 2.45) is 11.3 Å². The van der Waals surface area contributed by atoms with Crippen LogP contribution in [0, 0.1) is 11.3 Å². The zero-order chi connectivity index (χ0) is 14.6. The molecule has 0 aliphatic rings. The Morgan fingerprint density at radius 2 is 1.79 bits per heavy atom. The van der Waals surface area contributed by atoms with Gasteiger partial charge in [0.2, 0.25) is 0 Å². The van der Waals surface area contributed by atoms with Crippen LogP contribution in [0.5, 0.6) is 0 Å². The van der Waals surface area contributed by atoms with Crippen molar-refractivity contribution in [2.45, 2.75) is 34.1 Å². The first-order valence-electron chi connectivity index (χ1n) is 6.36. The van der Waals surface area contributed by atoms with E-state index in [1.54, 1.807) is 0 Å². The van der Waals surface area contributed by atoms with Crippen LogP contribution in [0.15, 0.2) is 27.1 Å². The normalized spacial score (nSPS) is 14.6. The summed E-state index contributed by atoms with van der Waals surface area (Å²) in [5.74, 6) is 0.562. The summed E-state index contributed by atoms with van der Waals surface area (Å²) in [4.78, 5) is 0. The van der Waals surface area contributed by atoms with Crippen molar-refractivity contribution in [2.75, 3.05) is 6.16 Å². The molecule has 1 atom stereocenters. The minimum atomic E-state index is 0.181. The van der Waals surface area contributed by atoms with E-state index in [9.17, 15) is 5.11 Å². The van der Waals surface area contributed by atoms with Gasteiger partial charge in [-0.2, -0.15) is 0 Å². The first-order valence-corrected chi connectivity index (χ1v) is 9.03. The Morgan fingerprint density at radius 1 is 1.26 bits per heavy atom. The number of rotatable bonds is 4. The molecule has 0 spiro atoms. The summed E-state index contributed by atoms with van der Waals surface area (Å²) in [6, 6.07) is 5.74. The van der Waals surface area contributed by atoms with E-state index in [-0.39, 0.29) is 5.48 Å². The zero-order valence-electron chi connectivity index (χ0n) is 11.8. The lowest BCUT2D eigenvalue weighted by molar-refractivity contribution is -0.207. The monoisotopic (exact) mass is 405 g/mol. The second kappa shape index (κ2) is 7.36. The average Bonchev–Trinajstić information content (AvgIpc) is 2.23. The topological polar surface area (TPSA) is 23.1 Å². The van der Waals surface area contributed by atoms with E-state index in [0.717, 1.165) is 35.3 Å². The summed E-state index contributed by atoms with van der Waals surface area (Å²) in [6.45, 7) is 8.95. The van der Waals surface area contributed by atoms with Gasteiger partial charge >= 0.3 is 0 Å². The minimum Gasteiger partial charge on any atom is -0.823 e. The van der Waals surface area contributed by atoms with Gasteiger partial charge < -0.3 is 5.11 Å². The predicted octanol–water partition coefficient (Wildman–Crippen LogP) is 5.07. The molecule has 1 nitrogen and oxygen atoms in total. The number of halogens is 2. The first-order chi connectivity index (χ1) is 8.70. The smallest absolute Gasteiger partial charge is 0.0252 e. The van der Waals surface area contributed by atoms with Crippen molar-refractivity contribution in [1.82, 2.24) is 0 Å². The van der Waals surface area contributed by atoms with E-state index in [2.05, 4.69) is 59.6 Å². The molecule has 1 aromatic carbocycles. The van der Waals surface area contributed by atoms with Crippen molar-refractivity contribution in [3.8, 4) is 0 Å². The van der Waals surface area contributed by atoms with E-state index >= 15 is 0 Å². The van der Waals surface area contributed by atoms with Crippen LogP contribution in [-0.4, -0.2) is 11.6 Å². The van der Waals surface area contributed by atoms with E-state index in [4.69, 9.17) is 0 Å². The zero-order valence-corrected chi connectivity index (χ0v) is 15.9. The Hall–Kier alpha value is 0.310. The summed E-state index contributed by atoms with van der Waals surface area (Å²) in [7, 11) is 0.876. The van der Waals surface area contributed by atoms with E-state index < -0.39 is 0 Å². The van der Waals surface area contributed by atoms with Crippen LogP contribution in [0.2, 0.25) is 0 Å². The van der Waals surface area contributed by atoms with Crippen LogP contribution in [0.1, 0.15) is 39.7 Å². The Labute approximate surface area is 134 Å². The quantitative estimate of drug-likeness (QED) is 0.640. The van der Waals surface area contributed by atoms with Gasteiger partial charge in [-0.25, -0.2) is 0 Å². The number of benzene rings is 1. The third-order valence-electron chi connectivity index (χ3n) is 2.68. The van der Waals surface area contributed by atoms with Gasteiger partial charge in [0.15, 0.2) is 0 Å². The van der Waals surface area contributed by atoms with Crippen LogP contribution >= 0.6 is 40.1 Å². The van der Waals surface area contributed by atoms with E-state index in [1.807, 2.05) is 18.2 Å². The van der Waals surface area contributed by atoms with E-state index in [0.29, 0.717) is 11.3 Å². The second-order valence-electron chi connectivity index (χ2n) is 6.11. The largest absolute Gasteiger partial charge is 0.823 e. The standard InChI is InChI=1S/C15H21Br2OP/c1-10(8-15(2,3)4)9-19-14(18)13-11(16)6-5-7-12(13)17/h5-7,10,18H,8-9H2,1-4H3/p-1. The van der Waals surface area contributed by atoms with Crippen LogP contribution in [-0.2, 0) is 0 Å². The Balaban J connectivity index is 2.78. The third kappa shape index (κ3) is 6.08. The molecule has 1 unspecified atom stereocenters. The maximum atomic E-state index is 12.3. The number of hydrogen-bond acceptors (Lipinski definition) is 1. The fourth-order valence-corrected chi connectivity index (χ4v) is 4.80. The Kier molecular flexibility index (Phi) is 6.72. The highest BCUT2D eigenvalue weighted by molar-refractivity contribution is 9.11. The molecular formula is C15H20Br2OP-. The first kappa shape index (κ1) is 17.4. The van der Waals surface area contributed by atoms with Gasteiger partial charge in [-0.1, -0.05) is 65.6 Å². The lowest BCUT2D eigenvalue weighted by Crippen LogP contribution is -2.19. The molecule has 0 N–H and O–H groups in total. The molecule has 0 heterocycles. The predicted molar refractivity (Wildman–Crippen MR) is 91.0 cm³/mol. The Bertz CT molecular complexity index is 443. The van der Waals surface area contributed by atoms with Gasteiger partial charge in [0.25, 0.3) is 0 Å². The van der Waals surface area contributed by atoms with Crippen molar-refractivity contribution < 1.29 is 5.11 Å². The van der Waals surface area contributed by atoms with Gasteiger partial charge in [-0.15, -0.1) is 13.7 Å². The van der Waals surface area contributed by atoms with Gasteiger partial charge in [0.05, 0.1) is 0 Å². The van der Waals surface area contributed by atoms with Crippen LogP contribution < -0.4 is 5.11 Å². The van der Waals surface area contributed by atoms with E-state index in [1.165, 1.54) is 0 Å². The molecule has 1 rings (SSSR count). The second-order valence-corrected chi connectivity index (χ2v) is 8.91. The highest BCUT2D eigenvalue weighted by atomic mass is 79.9. The summed E-state index contributed by atoms with van der Waals surface area (Å²) < 4.78 is 1.73. The fraction of sp³-hybridized carbons (Fsp3) is 0.533. The summed E-state index contributed by atoms with van der Waals surface area (Å²) >= 11 is 6.90. The molecule has 4 heteroatoms. The molecule has 106 valence electrons. The SMILES string of the molecule is CC(CP=C([O-])c1c(Br)cccc1Br)CC(C)(C)C. The molecule has 0 aliphatic carbocycles. The molecule has 0 fully saturated rings. The highest BCUT2D eigenvalue weighted by Crippen LogP contribution is 2.29. The minimum absolute atomic E-state index is 0.181. The average molecular weight is 407 g/mol.